The Kier molecular flexibility index (Phi) is 6.43. The SMILES string of the molecule is CCCN(CC(=O)N(C)C)S(=O)(=O)c1ccc(S(=O)(=O)NC2CC2)cc1. The van der Waals surface area contributed by atoms with Crippen LogP contribution in [-0.4, -0.2) is 65.2 Å². The van der Waals surface area contributed by atoms with Crippen molar-refractivity contribution in [2.24, 2.45) is 0 Å². The van der Waals surface area contributed by atoms with Crippen molar-refractivity contribution < 1.29 is 21.6 Å². The minimum atomic E-state index is -3.89. The standard InChI is InChI=1S/C16H25N3O5S2/c1-4-11-19(12-16(20)18(2)3)26(23,24)15-9-7-14(8-10-15)25(21,22)17-13-5-6-13/h7-10,13,17H,4-6,11-12H2,1-3H3. The molecule has 26 heavy (non-hydrogen) atoms. The molecule has 146 valence electrons. The number of rotatable bonds is 9. The van der Waals surface area contributed by atoms with E-state index in [-0.39, 0.29) is 34.8 Å². The summed E-state index contributed by atoms with van der Waals surface area (Å²) < 4.78 is 53.7. The molecule has 0 aromatic heterocycles. The lowest BCUT2D eigenvalue weighted by Gasteiger charge is -2.23. The monoisotopic (exact) mass is 403 g/mol. The molecule has 0 saturated heterocycles. The van der Waals surface area contributed by atoms with Gasteiger partial charge in [0.05, 0.1) is 16.3 Å². The van der Waals surface area contributed by atoms with Gasteiger partial charge >= 0.3 is 0 Å². The molecule has 0 unspecified atom stereocenters. The number of benzene rings is 1. The van der Waals surface area contributed by atoms with Gasteiger partial charge in [-0.25, -0.2) is 21.6 Å². The van der Waals surface area contributed by atoms with E-state index in [9.17, 15) is 21.6 Å². The second-order valence-electron chi connectivity index (χ2n) is 6.49. The summed E-state index contributed by atoms with van der Waals surface area (Å²) in [5.74, 6) is -0.324. The van der Waals surface area contributed by atoms with E-state index in [4.69, 9.17) is 0 Å². The van der Waals surface area contributed by atoms with Gasteiger partial charge in [0.25, 0.3) is 0 Å². The molecule has 1 aliphatic rings. The zero-order chi connectivity index (χ0) is 19.5. The smallest absolute Gasteiger partial charge is 0.243 e. The van der Waals surface area contributed by atoms with Crippen LogP contribution in [-0.2, 0) is 24.8 Å². The van der Waals surface area contributed by atoms with Gasteiger partial charge in [-0.2, -0.15) is 4.31 Å². The van der Waals surface area contributed by atoms with E-state index in [0.717, 1.165) is 17.1 Å². The van der Waals surface area contributed by atoms with E-state index in [1.807, 2.05) is 6.92 Å². The molecule has 8 nitrogen and oxygen atoms in total. The Morgan fingerprint density at radius 1 is 1.08 bits per heavy atom. The van der Waals surface area contributed by atoms with Crippen LogP contribution in [0.3, 0.4) is 0 Å². The first-order chi connectivity index (χ1) is 12.1. The van der Waals surface area contributed by atoms with Gasteiger partial charge in [0.2, 0.25) is 26.0 Å². The molecule has 1 N–H and O–H groups in total. The van der Waals surface area contributed by atoms with Gasteiger partial charge < -0.3 is 4.90 Å². The van der Waals surface area contributed by atoms with Gasteiger partial charge in [0.15, 0.2) is 0 Å². The number of sulfonamides is 2. The molecule has 0 bridgehead atoms. The molecule has 0 radical (unpaired) electrons. The van der Waals surface area contributed by atoms with Gasteiger partial charge in [-0.05, 0) is 43.5 Å². The fraction of sp³-hybridized carbons (Fsp3) is 0.562. The molecule has 0 atom stereocenters. The Morgan fingerprint density at radius 2 is 1.62 bits per heavy atom. The summed E-state index contributed by atoms with van der Waals surface area (Å²) in [4.78, 5) is 13.2. The summed E-state index contributed by atoms with van der Waals surface area (Å²) in [5, 5.41) is 0. The lowest BCUT2D eigenvalue weighted by atomic mass is 10.4. The minimum absolute atomic E-state index is 0.0229. The minimum Gasteiger partial charge on any atom is -0.348 e. The maximum absolute atomic E-state index is 12.8. The number of nitrogens with one attached hydrogen (secondary N) is 1. The van der Waals surface area contributed by atoms with Crippen LogP contribution in [0.25, 0.3) is 0 Å². The van der Waals surface area contributed by atoms with Gasteiger partial charge in [-0.15, -0.1) is 0 Å². The largest absolute Gasteiger partial charge is 0.348 e. The molecular formula is C16H25N3O5S2. The summed E-state index contributed by atoms with van der Waals surface area (Å²) in [6, 6.07) is 5.05. The number of likely N-dealkylation sites (N-methyl/N-ethyl adjacent to an activating group) is 1. The highest BCUT2D eigenvalue weighted by molar-refractivity contribution is 7.89. The summed E-state index contributed by atoms with van der Waals surface area (Å²) in [5.41, 5.74) is 0. The zero-order valence-corrected chi connectivity index (χ0v) is 16.8. The Hall–Kier alpha value is -1.49. The number of carbonyl (C=O) groups is 1. The molecule has 1 aromatic rings. The molecule has 0 spiro atoms. The molecule has 1 fully saturated rings. The average molecular weight is 404 g/mol. The Bertz CT molecular complexity index is 844. The third kappa shape index (κ3) is 5.03. The van der Waals surface area contributed by atoms with Crippen LogP contribution in [0.1, 0.15) is 26.2 Å². The number of amides is 1. The first-order valence-electron chi connectivity index (χ1n) is 8.40. The maximum Gasteiger partial charge on any atom is 0.243 e. The average Bonchev–Trinajstić information content (AvgIpc) is 3.37. The highest BCUT2D eigenvalue weighted by Gasteiger charge is 2.29. The van der Waals surface area contributed by atoms with Gasteiger partial charge in [0, 0.05) is 26.7 Å². The molecular weight excluding hydrogens is 378 g/mol. The topological polar surface area (TPSA) is 104 Å². The second-order valence-corrected chi connectivity index (χ2v) is 10.1. The van der Waals surface area contributed by atoms with Crippen molar-refractivity contribution in [1.29, 1.82) is 0 Å². The van der Waals surface area contributed by atoms with Crippen molar-refractivity contribution in [3.8, 4) is 0 Å². The molecule has 2 rings (SSSR count). The van der Waals surface area contributed by atoms with Crippen LogP contribution in [0.5, 0.6) is 0 Å². The second kappa shape index (κ2) is 8.03. The zero-order valence-electron chi connectivity index (χ0n) is 15.2. The van der Waals surface area contributed by atoms with Crippen molar-refractivity contribution in [3.05, 3.63) is 24.3 Å². The molecule has 1 aromatic carbocycles. The van der Waals surface area contributed by atoms with E-state index in [2.05, 4.69) is 4.72 Å². The first kappa shape index (κ1) is 20.8. The third-order valence-corrected chi connectivity index (χ3v) is 7.35. The van der Waals surface area contributed by atoms with Crippen LogP contribution < -0.4 is 4.72 Å². The summed E-state index contributed by atoms with van der Waals surface area (Å²) in [7, 11) is -4.41. The number of carbonyl (C=O) groups excluding carboxylic acids is 1. The summed E-state index contributed by atoms with van der Waals surface area (Å²) >= 11 is 0. The highest BCUT2D eigenvalue weighted by atomic mass is 32.2. The summed E-state index contributed by atoms with van der Waals surface area (Å²) in [6.45, 7) is 1.76. The van der Waals surface area contributed by atoms with Gasteiger partial charge in [0.1, 0.15) is 0 Å². The van der Waals surface area contributed by atoms with Crippen LogP contribution in [0, 0.1) is 0 Å². The number of hydrogen-bond donors (Lipinski definition) is 1. The van der Waals surface area contributed by atoms with Crippen LogP contribution >= 0.6 is 0 Å². The lowest BCUT2D eigenvalue weighted by Crippen LogP contribution is -2.40. The van der Waals surface area contributed by atoms with Crippen molar-refractivity contribution in [1.82, 2.24) is 13.9 Å². The predicted octanol–water partition coefficient (Wildman–Crippen LogP) is 0.616. The Labute approximate surface area is 155 Å². The molecule has 10 heteroatoms. The lowest BCUT2D eigenvalue weighted by molar-refractivity contribution is -0.128. The van der Waals surface area contributed by atoms with Crippen molar-refractivity contribution >= 4 is 26.0 Å². The third-order valence-electron chi connectivity index (χ3n) is 3.95. The van der Waals surface area contributed by atoms with Gasteiger partial charge in [-0.1, -0.05) is 6.92 Å². The quantitative estimate of drug-likeness (QED) is 0.651. The van der Waals surface area contributed by atoms with E-state index in [0.29, 0.717) is 6.42 Å². The fourth-order valence-electron chi connectivity index (χ4n) is 2.25. The highest BCUT2D eigenvalue weighted by Crippen LogP contribution is 2.23. The number of nitrogens with zero attached hydrogens (tertiary/aromatic N) is 2. The van der Waals surface area contributed by atoms with Crippen molar-refractivity contribution in [2.45, 2.75) is 42.0 Å². The van der Waals surface area contributed by atoms with Crippen molar-refractivity contribution in [3.63, 3.8) is 0 Å². The van der Waals surface area contributed by atoms with E-state index in [1.165, 1.54) is 29.2 Å². The van der Waals surface area contributed by atoms with Crippen LogP contribution in [0.15, 0.2) is 34.1 Å². The molecule has 1 saturated carbocycles. The molecule has 0 aliphatic heterocycles. The van der Waals surface area contributed by atoms with E-state index in [1.54, 1.807) is 14.1 Å². The van der Waals surface area contributed by atoms with Crippen LogP contribution in [0.2, 0.25) is 0 Å². The first-order valence-corrected chi connectivity index (χ1v) is 11.3. The summed E-state index contributed by atoms with van der Waals surface area (Å²) in [6.07, 6.45) is 2.19. The molecule has 1 aliphatic carbocycles. The fourth-order valence-corrected chi connectivity index (χ4v) is 5.04. The van der Waals surface area contributed by atoms with Gasteiger partial charge in [-0.3, -0.25) is 4.79 Å². The molecule has 1 amide bonds. The normalized spacial score (nSPS) is 15.2. The van der Waals surface area contributed by atoms with Crippen LogP contribution in [0.4, 0.5) is 0 Å². The Balaban J connectivity index is 2.24. The predicted molar refractivity (Wildman–Crippen MR) is 97.5 cm³/mol. The Morgan fingerprint density at radius 3 is 2.08 bits per heavy atom. The van der Waals surface area contributed by atoms with E-state index >= 15 is 0 Å². The van der Waals surface area contributed by atoms with Crippen molar-refractivity contribution in [2.75, 3.05) is 27.2 Å². The van der Waals surface area contributed by atoms with E-state index < -0.39 is 20.0 Å². The maximum atomic E-state index is 12.8. The number of hydrogen-bond acceptors (Lipinski definition) is 5. The molecule has 0 heterocycles.